The van der Waals surface area contributed by atoms with Crippen LogP contribution in [0.3, 0.4) is 0 Å². The summed E-state index contributed by atoms with van der Waals surface area (Å²) in [6, 6.07) is 5.90. The van der Waals surface area contributed by atoms with E-state index in [1.54, 1.807) is 6.07 Å². The van der Waals surface area contributed by atoms with E-state index in [0.717, 1.165) is 37.6 Å². The second-order valence-corrected chi connectivity index (χ2v) is 5.44. The molecule has 126 valence electrons. The number of amides is 1. The van der Waals surface area contributed by atoms with Gasteiger partial charge >= 0.3 is 0 Å². The molecule has 5 nitrogen and oxygen atoms in total. The fraction of sp³-hybridized carbons (Fsp3) is 0.294. The first-order chi connectivity index (χ1) is 11.6. The molecule has 1 aliphatic heterocycles. The van der Waals surface area contributed by atoms with Crippen molar-refractivity contribution in [1.82, 2.24) is 4.98 Å². The van der Waals surface area contributed by atoms with Crippen LogP contribution in [0.1, 0.15) is 23.2 Å². The van der Waals surface area contributed by atoms with Crippen molar-refractivity contribution in [1.29, 1.82) is 0 Å². The number of benzene rings is 1. The summed E-state index contributed by atoms with van der Waals surface area (Å²) >= 11 is 0. The fourth-order valence-corrected chi connectivity index (χ4v) is 2.38. The third-order valence-electron chi connectivity index (χ3n) is 3.56. The number of hydrogen-bond acceptors (Lipinski definition) is 4. The highest BCUT2D eigenvalue weighted by atomic mass is 19.1. The van der Waals surface area contributed by atoms with E-state index >= 15 is 0 Å². The lowest BCUT2D eigenvalue weighted by atomic mass is 10.2. The number of anilines is 1. The molecule has 2 heterocycles. The van der Waals surface area contributed by atoms with Crippen molar-refractivity contribution in [3.05, 3.63) is 53.7 Å². The van der Waals surface area contributed by atoms with Gasteiger partial charge in [-0.15, -0.1) is 0 Å². The summed E-state index contributed by atoms with van der Waals surface area (Å²) in [6.07, 6.45) is 3.42. The van der Waals surface area contributed by atoms with Crippen LogP contribution in [0.25, 0.3) is 0 Å². The monoisotopic (exact) mass is 334 g/mol. The predicted octanol–water partition coefficient (Wildman–Crippen LogP) is 3.17. The Morgan fingerprint density at radius 1 is 1.29 bits per heavy atom. The minimum absolute atomic E-state index is 0.0382. The van der Waals surface area contributed by atoms with E-state index in [9.17, 15) is 13.6 Å². The van der Waals surface area contributed by atoms with E-state index in [-0.39, 0.29) is 17.4 Å². The van der Waals surface area contributed by atoms with Crippen LogP contribution in [0.5, 0.6) is 5.88 Å². The normalized spacial score (nSPS) is 16.8. The Balaban J connectivity index is 1.58. The average Bonchev–Trinajstić information content (AvgIpc) is 3.06. The van der Waals surface area contributed by atoms with Crippen molar-refractivity contribution >= 4 is 11.6 Å². The number of ether oxygens (including phenoxy) is 2. The molecule has 1 saturated heterocycles. The summed E-state index contributed by atoms with van der Waals surface area (Å²) in [5, 5.41) is 2.42. The van der Waals surface area contributed by atoms with Gasteiger partial charge in [-0.3, -0.25) is 4.79 Å². The van der Waals surface area contributed by atoms with Gasteiger partial charge in [0, 0.05) is 30.6 Å². The van der Waals surface area contributed by atoms with Crippen molar-refractivity contribution in [2.24, 2.45) is 0 Å². The molecule has 2 aromatic rings. The minimum atomic E-state index is -0.763. The number of nitrogens with one attached hydrogen (secondary N) is 1. The molecule has 0 bridgehead atoms. The van der Waals surface area contributed by atoms with Crippen molar-refractivity contribution in [3.63, 3.8) is 0 Å². The van der Waals surface area contributed by atoms with Gasteiger partial charge in [0.25, 0.3) is 5.91 Å². The maximum atomic E-state index is 13.1. The molecule has 1 N–H and O–H groups in total. The number of hydrogen-bond donors (Lipinski definition) is 1. The van der Waals surface area contributed by atoms with E-state index in [2.05, 4.69) is 10.3 Å². The van der Waals surface area contributed by atoms with Crippen LogP contribution in [0, 0.1) is 11.6 Å². The number of carbonyl (C=O) groups excluding carboxylic acids is 1. The Morgan fingerprint density at radius 2 is 2.08 bits per heavy atom. The highest BCUT2D eigenvalue weighted by Crippen LogP contribution is 2.16. The lowest BCUT2D eigenvalue weighted by Crippen LogP contribution is -2.17. The summed E-state index contributed by atoms with van der Waals surface area (Å²) in [4.78, 5) is 16.1. The molecule has 3 rings (SSSR count). The van der Waals surface area contributed by atoms with Gasteiger partial charge < -0.3 is 14.8 Å². The van der Waals surface area contributed by atoms with Gasteiger partial charge in [-0.05, 0) is 31.0 Å². The van der Waals surface area contributed by atoms with Crippen LogP contribution in [-0.2, 0) is 4.74 Å². The highest BCUT2D eigenvalue weighted by molar-refractivity contribution is 6.04. The molecular weight excluding hydrogens is 318 g/mol. The number of pyridine rings is 1. The summed E-state index contributed by atoms with van der Waals surface area (Å²) in [6.45, 7) is 1.17. The molecule has 0 radical (unpaired) electrons. The van der Waals surface area contributed by atoms with Crippen LogP contribution >= 0.6 is 0 Å². The van der Waals surface area contributed by atoms with E-state index in [0.29, 0.717) is 12.5 Å². The van der Waals surface area contributed by atoms with Gasteiger partial charge in [-0.2, -0.15) is 0 Å². The van der Waals surface area contributed by atoms with Gasteiger partial charge in [0.2, 0.25) is 5.88 Å². The molecule has 1 fully saturated rings. The Hall–Kier alpha value is -2.54. The zero-order valence-corrected chi connectivity index (χ0v) is 12.8. The van der Waals surface area contributed by atoms with Crippen molar-refractivity contribution in [2.45, 2.75) is 18.9 Å². The van der Waals surface area contributed by atoms with E-state index in [1.807, 2.05) is 0 Å². The van der Waals surface area contributed by atoms with Crippen molar-refractivity contribution in [2.75, 3.05) is 18.5 Å². The molecule has 1 atom stereocenters. The summed E-state index contributed by atoms with van der Waals surface area (Å²) in [5.74, 6) is -1.65. The molecule has 0 aliphatic carbocycles. The molecule has 1 amide bonds. The maximum absolute atomic E-state index is 13.1. The van der Waals surface area contributed by atoms with Crippen LogP contribution in [-0.4, -0.2) is 30.2 Å². The second kappa shape index (κ2) is 7.35. The first kappa shape index (κ1) is 16.3. The number of halogens is 2. The summed E-state index contributed by atoms with van der Waals surface area (Å²) in [5.41, 5.74) is 0.292. The third kappa shape index (κ3) is 4.26. The molecule has 1 aromatic carbocycles. The van der Waals surface area contributed by atoms with Gasteiger partial charge in [-0.25, -0.2) is 13.8 Å². The highest BCUT2D eigenvalue weighted by Gasteiger charge is 2.16. The molecule has 0 saturated carbocycles. The van der Waals surface area contributed by atoms with E-state index in [4.69, 9.17) is 9.47 Å². The quantitative estimate of drug-likeness (QED) is 0.912. The molecule has 0 unspecified atom stereocenters. The average molecular weight is 334 g/mol. The maximum Gasteiger partial charge on any atom is 0.257 e. The lowest BCUT2D eigenvalue weighted by Gasteiger charge is -2.11. The third-order valence-corrected chi connectivity index (χ3v) is 3.56. The summed E-state index contributed by atoms with van der Waals surface area (Å²) < 4.78 is 37.2. The lowest BCUT2D eigenvalue weighted by molar-refractivity contribution is 0.0663. The molecule has 7 heteroatoms. The van der Waals surface area contributed by atoms with Crippen LogP contribution < -0.4 is 10.1 Å². The van der Waals surface area contributed by atoms with Crippen LogP contribution in [0.2, 0.25) is 0 Å². The standard InChI is InChI=1S/C17H16F2N2O3/c18-12-6-13(19)8-14(7-12)21-17(22)11-3-4-16(20-9-11)24-10-15-2-1-5-23-15/h3-4,6-9,15H,1-2,5,10H2,(H,21,22)/t15-/m1/s1. The number of aromatic nitrogens is 1. The van der Waals surface area contributed by atoms with E-state index in [1.165, 1.54) is 12.3 Å². The largest absolute Gasteiger partial charge is 0.475 e. The molecule has 1 aliphatic rings. The fourth-order valence-electron chi connectivity index (χ4n) is 2.38. The first-order valence-electron chi connectivity index (χ1n) is 7.58. The molecule has 1 aromatic heterocycles. The minimum Gasteiger partial charge on any atom is -0.475 e. The van der Waals surface area contributed by atoms with Gasteiger partial charge in [0.05, 0.1) is 11.7 Å². The number of nitrogens with zero attached hydrogens (tertiary/aromatic N) is 1. The van der Waals surface area contributed by atoms with Gasteiger partial charge in [0.15, 0.2) is 0 Å². The number of rotatable bonds is 5. The molecule has 0 spiro atoms. The Bertz CT molecular complexity index is 696. The Labute approximate surface area is 137 Å². The first-order valence-corrected chi connectivity index (χ1v) is 7.58. The zero-order valence-electron chi connectivity index (χ0n) is 12.8. The summed E-state index contributed by atoms with van der Waals surface area (Å²) in [7, 11) is 0. The smallest absolute Gasteiger partial charge is 0.257 e. The predicted molar refractivity (Wildman–Crippen MR) is 83.0 cm³/mol. The van der Waals surface area contributed by atoms with E-state index < -0.39 is 17.5 Å². The zero-order chi connectivity index (χ0) is 16.9. The Kier molecular flexibility index (Phi) is 5.00. The Morgan fingerprint density at radius 3 is 2.71 bits per heavy atom. The second-order valence-electron chi connectivity index (χ2n) is 5.44. The van der Waals surface area contributed by atoms with Crippen molar-refractivity contribution in [3.8, 4) is 5.88 Å². The molecule has 24 heavy (non-hydrogen) atoms. The van der Waals surface area contributed by atoms with Gasteiger partial charge in [-0.1, -0.05) is 0 Å². The van der Waals surface area contributed by atoms with Crippen LogP contribution in [0.15, 0.2) is 36.5 Å². The van der Waals surface area contributed by atoms with Gasteiger partial charge in [0.1, 0.15) is 18.2 Å². The molecular formula is C17H16F2N2O3. The SMILES string of the molecule is O=C(Nc1cc(F)cc(F)c1)c1ccc(OC[C@H]2CCCO2)nc1. The van der Waals surface area contributed by atoms with Crippen molar-refractivity contribution < 1.29 is 23.0 Å². The topological polar surface area (TPSA) is 60.5 Å². The van der Waals surface area contributed by atoms with Crippen LogP contribution in [0.4, 0.5) is 14.5 Å². The number of carbonyl (C=O) groups is 1.